The Kier molecular flexibility index (Phi) is 11.5. The summed E-state index contributed by atoms with van der Waals surface area (Å²) in [5.74, 6) is 0.143. The van der Waals surface area contributed by atoms with Gasteiger partial charge in [-0.2, -0.15) is 0 Å². The molecule has 4 atom stereocenters. The average Bonchev–Trinajstić information content (AvgIpc) is 3.10. The fraction of sp³-hybridized carbons (Fsp3) is 0.294. The smallest absolute Gasteiger partial charge is 0.328 e. The summed E-state index contributed by atoms with van der Waals surface area (Å²) in [6.45, 7) is 0.240. The van der Waals surface area contributed by atoms with Crippen LogP contribution in [0, 0.1) is 0 Å². The molecule has 0 aliphatic carbocycles. The molecule has 2 heterocycles. The summed E-state index contributed by atoms with van der Waals surface area (Å²) in [6, 6.07) is 25.4. The van der Waals surface area contributed by atoms with Crippen LogP contribution in [0.3, 0.4) is 0 Å². The van der Waals surface area contributed by atoms with Crippen molar-refractivity contribution in [3.8, 4) is 0 Å². The second-order valence-electron chi connectivity index (χ2n) is 10.5. The lowest BCUT2D eigenvalue weighted by molar-refractivity contribution is -0.245. The molecule has 1 fully saturated rings. The number of nitrogens with one attached hydrogen (secondary N) is 2. The van der Waals surface area contributed by atoms with Crippen LogP contribution in [0.25, 0.3) is 0 Å². The first-order chi connectivity index (χ1) is 22.0. The van der Waals surface area contributed by atoms with Gasteiger partial charge in [-0.05, 0) is 28.3 Å². The van der Waals surface area contributed by atoms with E-state index >= 15 is 0 Å². The first-order valence-corrected chi connectivity index (χ1v) is 15.6. The maximum Gasteiger partial charge on any atom is 0.328 e. The van der Waals surface area contributed by atoms with Crippen LogP contribution in [0.2, 0.25) is 0 Å². The van der Waals surface area contributed by atoms with Gasteiger partial charge < -0.3 is 30.0 Å². The van der Waals surface area contributed by atoms with E-state index in [0.29, 0.717) is 23.8 Å². The predicted octanol–water partition coefficient (Wildman–Crippen LogP) is 4.89. The molecule has 2 amide bonds. The number of hydrogen-bond acceptors (Lipinski definition) is 9. The average molecular weight is 629 g/mol. The minimum Gasteiger partial charge on any atom is -0.467 e. The highest BCUT2D eigenvalue weighted by atomic mass is 32.2. The molecule has 1 saturated heterocycles. The molecule has 3 N–H and O–H groups in total. The standard InChI is InChI=1S/C34H36N4O6S/c1-42-31(40)29(18-23-6-3-2-4-7-23)38-33(41)37-20-24-8-14-27(15-9-24)32-43-28(22-45-34-35-16-5-17-36-34)19-30(44-32)26-12-10-25(21-39)11-13-26/h2-17,28-30,32,39H,18-22H2,1H3,(H2,37,38,41)/t28-,29-,30+,32+/m0/s1. The third kappa shape index (κ3) is 9.35. The topological polar surface area (TPSA) is 132 Å². The monoisotopic (exact) mass is 628 g/mol. The van der Waals surface area contributed by atoms with Gasteiger partial charge in [0.25, 0.3) is 0 Å². The number of esters is 1. The number of methoxy groups -OCH3 is 1. The molecule has 1 aromatic heterocycles. The molecule has 0 spiro atoms. The van der Waals surface area contributed by atoms with Gasteiger partial charge in [-0.15, -0.1) is 0 Å². The molecule has 3 aromatic carbocycles. The zero-order chi connectivity index (χ0) is 31.4. The molecule has 4 aromatic rings. The van der Waals surface area contributed by atoms with E-state index in [1.807, 2.05) is 78.9 Å². The SMILES string of the molecule is COC(=O)[C@H](Cc1ccccc1)NC(=O)NCc1ccc([C@@H]2O[C@H](CSc3ncccn3)C[C@H](c3ccc(CO)cc3)O2)cc1. The molecular formula is C34H36N4O6S. The third-order valence-electron chi connectivity index (χ3n) is 7.33. The summed E-state index contributed by atoms with van der Waals surface area (Å²) >= 11 is 1.54. The van der Waals surface area contributed by atoms with Crippen LogP contribution in [0.15, 0.2) is 102 Å². The molecule has 0 radical (unpaired) electrons. The number of thioether (sulfide) groups is 1. The van der Waals surface area contributed by atoms with Crippen molar-refractivity contribution in [2.45, 2.75) is 55.7 Å². The van der Waals surface area contributed by atoms with Gasteiger partial charge >= 0.3 is 12.0 Å². The Bertz CT molecular complexity index is 1510. The molecule has 0 unspecified atom stereocenters. The Morgan fingerprint density at radius 3 is 2.29 bits per heavy atom. The zero-order valence-corrected chi connectivity index (χ0v) is 25.7. The molecular weight excluding hydrogens is 592 g/mol. The van der Waals surface area contributed by atoms with Crippen molar-refractivity contribution >= 4 is 23.8 Å². The van der Waals surface area contributed by atoms with Crippen molar-refractivity contribution in [2.75, 3.05) is 12.9 Å². The van der Waals surface area contributed by atoms with Crippen molar-refractivity contribution < 1.29 is 28.9 Å². The number of aromatic nitrogens is 2. The summed E-state index contributed by atoms with van der Waals surface area (Å²) < 4.78 is 17.7. The first-order valence-electron chi connectivity index (χ1n) is 14.7. The summed E-state index contributed by atoms with van der Waals surface area (Å²) in [5.41, 5.74) is 4.47. The van der Waals surface area contributed by atoms with Crippen LogP contribution in [0.4, 0.5) is 4.79 Å². The molecule has 0 bridgehead atoms. The number of benzene rings is 3. The molecule has 45 heavy (non-hydrogen) atoms. The van der Waals surface area contributed by atoms with E-state index < -0.39 is 24.3 Å². The fourth-order valence-corrected chi connectivity index (χ4v) is 5.74. The Labute approximate surface area is 266 Å². The molecule has 234 valence electrons. The van der Waals surface area contributed by atoms with Gasteiger partial charge in [-0.1, -0.05) is 90.6 Å². The van der Waals surface area contributed by atoms with Gasteiger partial charge in [0.1, 0.15) is 6.04 Å². The van der Waals surface area contributed by atoms with E-state index in [1.54, 1.807) is 18.5 Å². The van der Waals surface area contributed by atoms with Crippen molar-refractivity contribution in [1.82, 2.24) is 20.6 Å². The van der Waals surface area contributed by atoms with Gasteiger partial charge in [-0.3, -0.25) is 0 Å². The molecule has 1 aliphatic rings. The van der Waals surface area contributed by atoms with Crippen LogP contribution in [0.5, 0.6) is 0 Å². The van der Waals surface area contributed by atoms with E-state index in [4.69, 9.17) is 14.2 Å². The van der Waals surface area contributed by atoms with Gasteiger partial charge in [0.15, 0.2) is 11.4 Å². The fourth-order valence-electron chi connectivity index (χ4n) is 4.92. The van der Waals surface area contributed by atoms with Gasteiger partial charge in [0.05, 0.1) is 25.9 Å². The normalized spacial score (nSPS) is 18.5. The Balaban J connectivity index is 1.21. The van der Waals surface area contributed by atoms with E-state index in [1.165, 1.54) is 18.9 Å². The van der Waals surface area contributed by atoms with Gasteiger partial charge in [0, 0.05) is 43.1 Å². The molecule has 10 nitrogen and oxygen atoms in total. The number of carbonyl (C=O) groups is 2. The number of hydrogen-bond donors (Lipinski definition) is 3. The third-order valence-corrected chi connectivity index (χ3v) is 8.34. The molecule has 1 aliphatic heterocycles. The lowest BCUT2D eigenvalue weighted by Gasteiger charge is -2.36. The first kappa shape index (κ1) is 32.1. The molecule has 5 rings (SSSR count). The van der Waals surface area contributed by atoms with E-state index in [0.717, 1.165) is 27.8 Å². The van der Waals surface area contributed by atoms with Crippen LogP contribution in [-0.2, 0) is 38.6 Å². The van der Waals surface area contributed by atoms with Crippen molar-refractivity contribution in [1.29, 1.82) is 0 Å². The maximum absolute atomic E-state index is 12.7. The van der Waals surface area contributed by atoms with E-state index in [-0.39, 0.29) is 25.4 Å². The van der Waals surface area contributed by atoms with Crippen LogP contribution in [0.1, 0.15) is 46.6 Å². The number of urea groups is 1. The highest BCUT2D eigenvalue weighted by molar-refractivity contribution is 7.99. The Morgan fingerprint density at radius 2 is 1.60 bits per heavy atom. The highest BCUT2D eigenvalue weighted by Crippen LogP contribution is 2.39. The van der Waals surface area contributed by atoms with Crippen LogP contribution < -0.4 is 10.6 Å². The lowest BCUT2D eigenvalue weighted by atomic mass is 10.0. The van der Waals surface area contributed by atoms with Crippen LogP contribution in [-0.4, -0.2) is 52.1 Å². The number of aliphatic hydroxyl groups excluding tert-OH is 1. The maximum atomic E-state index is 12.7. The molecule has 0 saturated carbocycles. The predicted molar refractivity (Wildman–Crippen MR) is 169 cm³/mol. The Morgan fingerprint density at radius 1 is 0.911 bits per heavy atom. The number of carbonyl (C=O) groups excluding carboxylic acids is 2. The van der Waals surface area contributed by atoms with Crippen molar-refractivity contribution in [2.24, 2.45) is 0 Å². The minimum atomic E-state index is -0.812. The number of ether oxygens (including phenoxy) is 3. The second kappa shape index (κ2) is 16.1. The van der Waals surface area contributed by atoms with Gasteiger partial charge in [-0.25, -0.2) is 19.6 Å². The summed E-state index contributed by atoms with van der Waals surface area (Å²) in [7, 11) is 1.30. The largest absolute Gasteiger partial charge is 0.467 e. The Hall–Kier alpha value is -4.29. The quantitative estimate of drug-likeness (QED) is 0.114. The summed E-state index contributed by atoms with van der Waals surface area (Å²) in [6.07, 6.45) is 3.48. The second-order valence-corrected chi connectivity index (χ2v) is 11.5. The number of rotatable bonds is 12. The number of amides is 2. The van der Waals surface area contributed by atoms with E-state index in [2.05, 4.69) is 20.6 Å². The molecule has 11 heteroatoms. The van der Waals surface area contributed by atoms with Crippen LogP contribution >= 0.6 is 11.8 Å². The highest BCUT2D eigenvalue weighted by Gasteiger charge is 2.32. The van der Waals surface area contributed by atoms with Crippen molar-refractivity contribution in [3.05, 3.63) is 125 Å². The van der Waals surface area contributed by atoms with E-state index in [9.17, 15) is 14.7 Å². The number of aliphatic hydroxyl groups is 1. The van der Waals surface area contributed by atoms with Crippen molar-refractivity contribution in [3.63, 3.8) is 0 Å². The summed E-state index contributed by atoms with van der Waals surface area (Å²) in [4.78, 5) is 33.6. The number of nitrogens with zero attached hydrogens (tertiary/aromatic N) is 2. The van der Waals surface area contributed by atoms with Gasteiger partial charge in [0.2, 0.25) is 0 Å². The lowest BCUT2D eigenvalue weighted by Crippen LogP contribution is -2.47. The summed E-state index contributed by atoms with van der Waals surface area (Å²) in [5, 5.41) is 15.7. The zero-order valence-electron chi connectivity index (χ0n) is 24.9. The minimum absolute atomic E-state index is 0.0176.